The molecule has 0 aliphatic carbocycles. The summed E-state index contributed by atoms with van der Waals surface area (Å²) in [5.74, 6) is 0. The molecule has 0 saturated carbocycles. The summed E-state index contributed by atoms with van der Waals surface area (Å²) < 4.78 is 8.27. The molecule has 0 saturated heterocycles. The zero-order valence-corrected chi connectivity index (χ0v) is 16.5. The van der Waals surface area contributed by atoms with Crippen LogP contribution >= 0.6 is 0 Å². The molecule has 0 atom stereocenters. The van der Waals surface area contributed by atoms with E-state index >= 15 is 0 Å². The summed E-state index contributed by atoms with van der Waals surface area (Å²) >= 11 is 0. The van der Waals surface area contributed by atoms with Crippen LogP contribution < -0.4 is 5.43 Å². The fourth-order valence-electron chi connectivity index (χ4n) is 5.03. The van der Waals surface area contributed by atoms with Crippen molar-refractivity contribution >= 4 is 60.0 Å². The van der Waals surface area contributed by atoms with Gasteiger partial charge in [0.2, 0.25) is 5.43 Å². The van der Waals surface area contributed by atoms with Crippen molar-refractivity contribution in [2.45, 2.75) is 0 Å². The molecule has 0 fully saturated rings. The fourth-order valence-corrected chi connectivity index (χ4v) is 5.03. The molecule has 0 radical (unpaired) electrons. The van der Waals surface area contributed by atoms with Gasteiger partial charge >= 0.3 is 0 Å². The molecule has 7 rings (SSSR count). The molecule has 5 heteroatoms. The highest BCUT2D eigenvalue weighted by atomic mass is 16.3. The third-order valence-corrected chi connectivity index (χ3v) is 6.36. The van der Waals surface area contributed by atoms with E-state index in [0.717, 1.165) is 38.1 Å². The Hall–Kier alpha value is -4.87. The predicted molar refractivity (Wildman–Crippen MR) is 124 cm³/mol. The van der Waals surface area contributed by atoms with Crippen molar-refractivity contribution in [2.24, 2.45) is 0 Å². The van der Waals surface area contributed by atoms with Gasteiger partial charge in [-0.2, -0.15) is 10.5 Å². The Bertz CT molecular complexity index is 2080. The number of hydrogen-bond donors (Lipinski definition) is 0. The van der Waals surface area contributed by atoms with Crippen LogP contribution in [0.5, 0.6) is 0 Å². The molecule has 32 heavy (non-hydrogen) atoms. The first kappa shape index (κ1) is 16.9. The van der Waals surface area contributed by atoms with Crippen molar-refractivity contribution in [3.05, 3.63) is 88.1 Å². The van der Waals surface area contributed by atoms with Gasteiger partial charge in [0, 0.05) is 21.5 Å². The van der Waals surface area contributed by atoms with Gasteiger partial charge in [0.25, 0.3) is 0 Å². The average Bonchev–Trinajstić information content (AvgIpc) is 3.34. The largest absolute Gasteiger partial charge is 0.456 e. The Kier molecular flexibility index (Phi) is 2.97. The minimum Gasteiger partial charge on any atom is -0.456 e. The summed E-state index contributed by atoms with van der Waals surface area (Å²) in [6.07, 6.45) is 0. The second kappa shape index (κ2) is 5.63. The van der Waals surface area contributed by atoms with Gasteiger partial charge in [-0.15, -0.1) is 0 Å². The highest BCUT2D eigenvalue weighted by Gasteiger charge is 2.23. The van der Waals surface area contributed by atoms with Crippen LogP contribution in [0.2, 0.25) is 0 Å². The van der Waals surface area contributed by atoms with E-state index in [0.29, 0.717) is 33.1 Å². The maximum Gasteiger partial charge on any atom is 0.201 e. The monoisotopic (exact) mass is 409 g/mol. The number of aromatic nitrogens is 1. The lowest BCUT2D eigenvalue weighted by Gasteiger charge is -2.04. The number of fused-ring (bicyclic) bond motifs is 9. The van der Waals surface area contributed by atoms with Crippen molar-refractivity contribution in [1.29, 1.82) is 10.5 Å². The first-order valence-corrected chi connectivity index (χ1v) is 10.1. The van der Waals surface area contributed by atoms with Gasteiger partial charge in [-0.3, -0.25) is 4.79 Å². The van der Waals surface area contributed by atoms with E-state index in [2.05, 4.69) is 16.5 Å². The molecule has 0 spiro atoms. The summed E-state index contributed by atoms with van der Waals surface area (Å²) in [4.78, 5) is 13.6. The van der Waals surface area contributed by atoms with E-state index in [-0.39, 0.29) is 5.43 Å². The van der Waals surface area contributed by atoms with Gasteiger partial charge in [-0.25, -0.2) is 0 Å². The molecule has 0 N–H and O–H groups in total. The van der Waals surface area contributed by atoms with E-state index in [1.165, 1.54) is 0 Å². The molecule has 0 aliphatic rings. The summed E-state index contributed by atoms with van der Waals surface area (Å²) in [7, 11) is 0. The van der Waals surface area contributed by atoms with Crippen molar-refractivity contribution in [2.75, 3.05) is 0 Å². The molecule has 5 nitrogen and oxygen atoms in total. The molecule has 0 bridgehead atoms. The molecule has 7 aromatic rings. The third-order valence-electron chi connectivity index (χ3n) is 6.36. The Labute approximate surface area is 179 Å². The van der Waals surface area contributed by atoms with Crippen LogP contribution in [0.3, 0.4) is 0 Å². The second-order valence-electron chi connectivity index (χ2n) is 7.97. The highest BCUT2D eigenvalue weighted by Crippen LogP contribution is 2.43. The van der Waals surface area contributed by atoms with Gasteiger partial charge in [-0.05, 0) is 42.5 Å². The Balaban J connectivity index is 1.89. The first-order valence-electron chi connectivity index (χ1n) is 10.1. The standard InChI is InChI=1S/C27H11N3O2/c28-12-14-5-7-16-19-11-23-25(27(31)18-3-1-2-4-22(18)32-23)24-17-8-6-15(13-29)10-21(17)30(26(19)24)20(16)9-14/h1-11H. The van der Waals surface area contributed by atoms with Crippen molar-refractivity contribution in [1.82, 2.24) is 4.40 Å². The smallest absolute Gasteiger partial charge is 0.201 e. The molecule has 4 aromatic carbocycles. The maximum atomic E-state index is 13.6. The fraction of sp³-hybridized carbons (Fsp3) is 0. The van der Waals surface area contributed by atoms with Gasteiger partial charge in [-0.1, -0.05) is 24.3 Å². The SMILES string of the molecule is N#Cc1ccc2c3cc4oc5ccccc5c(=O)c4c4c5ccc(C#N)cc5n(c2c1)c34. The van der Waals surface area contributed by atoms with E-state index in [9.17, 15) is 15.3 Å². The topological polar surface area (TPSA) is 82.2 Å². The van der Waals surface area contributed by atoms with Crippen LogP contribution in [0.4, 0.5) is 0 Å². The van der Waals surface area contributed by atoms with Crippen LogP contribution in [-0.2, 0) is 0 Å². The first-order chi connectivity index (χ1) is 15.7. The minimum atomic E-state index is -0.0783. The quantitative estimate of drug-likeness (QED) is 0.295. The zero-order chi connectivity index (χ0) is 21.6. The van der Waals surface area contributed by atoms with Crippen molar-refractivity contribution in [3.8, 4) is 12.1 Å². The number of hydrogen-bond acceptors (Lipinski definition) is 4. The Morgan fingerprint density at radius 1 is 0.688 bits per heavy atom. The van der Waals surface area contributed by atoms with E-state index in [1.807, 2.05) is 42.5 Å². The predicted octanol–water partition coefficient (Wildman–Crippen LogP) is 5.84. The van der Waals surface area contributed by atoms with E-state index in [1.54, 1.807) is 24.3 Å². The van der Waals surface area contributed by atoms with Crippen LogP contribution in [0.1, 0.15) is 11.1 Å². The normalized spacial score (nSPS) is 11.8. The summed E-state index contributed by atoms with van der Waals surface area (Å²) in [6.45, 7) is 0. The lowest BCUT2D eigenvalue weighted by Crippen LogP contribution is -2.02. The number of benzene rings is 4. The van der Waals surface area contributed by atoms with Crippen LogP contribution in [-0.4, -0.2) is 4.40 Å². The van der Waals surface area contributed by atoms with E-state index < -0.39 is 0 Å². The Morgan fingerprint density at radius 2 is 1.38 bits per heavy atom. The summed E-state index contributed by atoms with van der Waals surface area (Å²) in [5.41, 5.74) is 4.66. The van der Waals surface area contributed by atoms with Crippen molar-refractivity contribution in [3.63, 3.8) is 0 Å². The number of rotatable bonds is 0. The number of nitrogens with zero attached hydrogens (tertiary/aromatic N) is 3. The summed E-state index contributed by atoms with van der Waals surface area (Å²) in [5, 5.41) is 23.6. The molecule has 146 valence electrons. The van der Waals surface area contributed by atoms with Gasteiger partial charge in [0.1, 0.15) is 11.2 Å². The molecule has 0 aliphatic heterocycles. The highest BCUT2D eigenvalue weighted by molar-refractivity contribution is 6.31. The zero-order valence-electron chi connectivity index (χ0n) is 16.5. The van der Waals surface area contributed by atoms with Crippen LogP contribution in [0.25, 0.3) is 60.0 Å². The molecule has 0 unspecified atom stereocenters. The molecule has 0 amide bonds. The molecular weight excluding hydrogens is 398 g/mol. The molecule has 3 heterocycles. The number of para-hydroxylation sites is 1. The Morgan fingerprint density at radius 3 is 2.12 bits per heavy atom. The van der Waals surface area contributed by atoms with E-state index in [4.69, 9.17) is 4.42 Å². The minimum absolute atomic E-state index is 0.0783. The van der Waals surface area contributed by atoms with Crippen LogP contribution in [0.15, 0.2) is 75.9 Å². The van der Waals surface area contributed by atoms with Gasteiger partial charge < -0.3 is 8.82 Å². The van der Waals surface area contributed by atoms with Crippen LogP contribution in [0, 0.1) is 22.7 Å². The van der Waals surface area contributed by atoms with Gasteiger partial charge in [0.05, 0.1) is 50.6 Å². The third kappa shape index (κ3) is 1.88. The lowest BCUT2D eigenvalue weighted by atomic mass is 10.0. The maximum absolute atomic E-state index is 13.6. The lowest BCUT2D eigenvalue weighted by molar-refractivity contribution is 0.661. The summed E-state index contributed by atoms with van der Waals surface area (Å²) in [6, 6.07) is 24.7. The number of nitriles is 2. The van der Waals surface area contributed by atoms with Crippen molar-refractivity contribution < 1.29 is 4.42 Å². The second-order valence-corrected chi connectivity index (χ2v) is 7.97. The van der Waals surface area contributed by atoms with Gasteiger partial charge in [0.15, 0.2) is 0 Å². The average molecular weight is 409 g/mol. The molecule has 3 aromatic heterocycles. The molecular formula is C27H11N3O2.